The van der Waals surface area contributed by atoms with Crippen LogP contribution in [-0.2, 0) is 20.7 Å². The van der Waals surface area contributed by atoms with Crippen molar-refractivity contribution in [2.75, 3.05) is 11.9 Å². The third kappa shape index (κ3) is 4.66. The summed E-state index contributed by atoms with van der Waals surface area (Å²) < 4.78 is 18.7. The van der Waals surface area contributed by atoms with E-state index in [1.165, 1.54) is 6.07 Å². The fraction of sp³-hybridized carbons (Fsp3) is 0.304. The molecule has 0 radical (unpaired) electrons. The van der Waals surface area contributed by atoms with Crippen molar-refractivity contribution >= 4 is 29.2 Å². The molecule has 0 aliphatic carbocycles. The van der Waals surface area contributed by atoms with Crippen molar-refractivity contribution in [1.82, 2.24) is 0 Å². The standard InChI is InChI=1S/C21H20FNO3.C2H6/c1-4-26-20(24)10-15-8-14(6-5-12(15)2)9-17-16-7-13(3)18(22)11-19(16)23-21(17)25;1-2/h5-9,11H,4,10H2,1-3H3,(H,23,25);1-2H3/b17-9-;. The lowest BCUT2D eigenvalue weighted by Crippen LogP contribution is -2.08. The minimum atomic E-state index is -0.350. The molecule has 2 aromatic rings. The Balaban J connectivity index is 0.00000136. The van der Waals surface area contributed by atoms with Gasteiger partial charge in [0.25, 0.3) is 5.91 Å². The van der Waals surface area contributed by atoms with Crippen molar-refractivity contribution in [3.63, 3.8) is 0 Å². The number of anilines is 1. The summed E-state index contributed by atoms with van der Waals surface area (Å²) in [6, 6.07) is 8.68. The maximum absolute atomic E-state index is 13.7. The van der Waals surface area contributed by atoms with Crippen LogP contribution in [0.5, 0.6) is 0 Å². The maximum Gasteiger partial charge on any atom is 0.310 e. The summed E-state index contributed by atoms with van der Waals surface area (Å²) in [4.78, 5) is 24.1. The van der Waals surface area contributed by atoms with Crippen LogP contribution in [0.15, 0.2) is 30.3 Å². The molecule has 1 amide bonds. The van der Waals surface area contributed by atoms with Gasteiger partial charge < -0.3 is 10.1 Å². The smallest absolute Gasteiger partial charge is 0.310 e. The minimum absolute atomic E-state index is 0.184. The van der Waals surface area contributed by atoms with Crippen molar-refractivity contribution in [1.29, 1.82) is 0 Å². The molecule has 0 bridgehead atoms. The Labute approximate surface area is 165 Å². The van der Waals surface area contributed by atoms with E-state index in [-0.39, 0.29) is 24.1 Å². The predicted molar refractivity (Wildman–Crippen MR) is 111 cm³/mol. The van der Waals surface area contributed by atoms with Crippen LogP contribution in [0, 0.1) is 19.7 Å². The number of benzene rings is 2. The summed E-state index contributed by atoms with van der Waals surface area (Å²) in [6.07, 6.45) is 1.94. The van der Waals surface area contributed by atoms with Gasteiger partial charge in [0, 0.05) is 11.1 Å². The Morgan fingerprint density at radius 3 is 2.54 bits per heavy atom. The molecule has 1 aliphatic rings. The molecular weight excluding hydrogens is 357 g/mol. The first-order valence-electron chi connectivity index (χ1n) is 9.47. The van der Waals surface area contributed by atoms with Gasteiger partial charge in [-0.3, -0.25) is 9.59 Å². The highest BCUT2D eigenvalue weighted by Crippen LogP contribution is 2.35. The fourth-order valence-corrected chi connectivity index (χ4v) is 2.97. The Bertz CT molecular complexity index is 932. The molecule has 4 nitrogen and oxygen atoms in total. The number of carbonyl (C=O) groups is 2. The monoisotopic (exact) mass is 383 g/mol. The first kappa shape index (κ1) is 21.4. The Morgan fingerprint density at radius 2 is 1.86 bits per heavy atom. The molecule has 1 heterocycles. The second kappa shape index (κ2) is 9.31. The molecule has 0 fully saturated rings. The van der Waals surface area contributed by atoms with E-state index in [0.717, 1.165) is 16.7 Å². The van der Waals surface area contributed by atoms with Crippen molar-refractivity contribution < 1.29 is 18.7 Å². The van der Waals surface area contributed by atoms with Gasteiger partial charge in [-0.2, -0.15) is 0 Å². The van der Waals surface area contributed by atoms with Crippen molar-refractivity contribution in [2.45, 2.75) is 41.0 Å². The number of nitrogens with one attached hydrogen (secondary N) is 1. The Morgan fingerprint density at radius 1 is 1.14 bits per heavy atom. The highest BCUT2D eigenvalue weighted by molar-refractivity contribution is 6.35. The lowest BCUT2D eigenvalue weighted by molar-refractivity contribution is -0.142. The zero-order valence-electron chi connectivity index (χ0n) is 17.0. The highest BCUT2D eigenvalue weighted by atomic mass is 19.1. The average Bonchev–Trinajstić information content (AvgIpc) is 2.95. The van der Waals surface area contributed by atoms with Gasteiger partial charge in [0.1, 0.15) is 5.82 Å². The van der Waals surface area contributed by atoms with Crippen molar-refractivity contribution in [3.8, 4) is 0 Å². The van der Waals surface area contributed by atoms with Gasteiger partial charge in [-0.15, -0.1) is 0 Å². The third-order valence-electron chi connectivity index (χ3n) is 4.41. The SMILES string of the molecule is CC.CCOC(=O)Cc1cc(/C=C2\C(=O)Nc3cc(F)c(C)cc32)ccc1C. The van der Waals surface area contributed by atoms with E-state index in [9.17, 15) is 14.0 Å². The maximum atomic E-state index is 13.7. The number of fused-ring (bicyclic) bond motifs is 1. The molecule has 1 aliphatic heterocycles. The normalized spacial score (nSPS) is 13.5. The van der Waals surface area contributed by atoms with Gasteiger partial charge in [-0.1, -0.05) is 32.0 Å². The van der Waals surface area contributed by atoms with Gasteiger partial charge in [0.2, 0.25) is 0 Å². The summed E-state index contributed by atoms with van der Waals surface area (Å²) in [6.45, 7) is 9.70. The molecule has 1 N–H and O–H groups in total. The molecule has 0 unspecified atom stereocenters. The molecule has 0 atom stereocenters. The Kier molecular flexibility index (Phi) is 7.10. The molecule has 5 heteroatoms. The number of amides is 1. The van der Waals surface area contributed by atoms with E-state index in [0.29, 0.717) is 29.0 Å². The molecule has 0 saturated heterocycles. The number of hydrogen-bond donors (Lipinski definition) is 1. The second-order valence-electron chi connectivity index (χ2n) is 6.33. The van der Waals surface area contributed by atoms with E-state index in [4.69, 9.17) is 4.74 Å². The second-order valence-corrected chi connectivity index (χ2v) is 6.33. The number of rotatable bonds is 4. The summed E-state index contributed by atoms with van der Waals surface area (Å²) in [5.41, 5.74) is 4.76. The van der Waals surface area contributed by atoms with Crippen LogP contribution in [0.2, 0.25) is 0 Å². The van der Waals surface area contributed by atoms with Gasteiger partial charge in [0.05, 0.1) is 18.7 Å². The molecule has 2 aromatic carbocycles. The predicted octanol–water partition coefficient (Wildman–Crippen LogP) is 5.07. The van der Waals surface area contributed by atoms with Crippen LogP contribution in [0.1, 0.15) is 48.6 Å². The van der Waals surface area contributed by atoms with Crippen molar-refractivity contribution in [2.24, 2.45) is 0 Å². The van der Waals surface area contributed by atoms with E-state index >= 15 is 0 Å². The quantitative estimate of drug-likeness (QED) is 0.593. The first-order valence-corrected chi connectivity index (χ1v) is 9.47. The molecule has 3 rings (SSSR count). The van der Waals surface area contributed by atoms with E-state index in [2.05, 4.69) is 5.32 Å². The fourth-order valence-electron chi connectivity index (χ4n) is 2.97. The number of hydrogen-bond acceptors (Lipinski definition) is 3. The molecule has 28 heavy (non-hydrogen) atoms. The van der Waals surface area contributed by atoms with Crippen LogP contribution >= 0.6 is 0 Å². The summed E-state index contributed by atoms with van der Waals surface area (Å²) in [5, 5.41) is 2.69. The van der Waals surface area contributed by atoms with E-state index < -0.39 is 0 Å². The van der Waals surface area contributed by atoms with Crippen LogP contribution in [-0.4, -0.2) is 18.5 Å². The van der Waals surface area contributed by atoms with Crippen molar-refractivity contribution in [3.05, 3.63) is 64.0 Å². The third-order valence-corrected chi connectivity index (χ3v) is 4.41. The van der Waals surface area contributed by atoms with Gasteiger partial charge in [-0.05, 0) is 61.2 Å². The zero-order chi connectivity index (χ0) is 20.8. The average molecular weight is 383 g/mol. The number of halogens is 1. The number of aryl methyl sites for hydroxylation is 2. The first-order chi connectivity index (χ1) is 13.4. The van der Waals surface area contributed by atoms with Crippen LogP contribution in [0.4, 0.5) is 10.1 Å². The van der Waals surface area contributed by atoms with Crippen LogP contribution in [0.3, 0.4) is 0 Å². The lowest BCUT2D eigenvalue weighted by atomic mass is 9.98. The largest absolute Gasteiger partial charge is 0.466 e. The molecule has 0 spiro atoms. The Hall–Kier alpha value is -2.95. The van der Waals surface area contributed by atoms with Gasteiger partial charge in [0.15, 0.2) is 0 Å². The van der Waals surface area contributed by atoms with Gasteiger partial charge >= 0.3 is 5.97 Å². The summed E-state index contributed by atoms with van der Waals surface area (Å²) in [7, 11) is 0. The summed E-state index contributed by atoms with van der Waals surface area (Å²) in [5.74, 6) is -0.898. The summed E-state index contributed by atoms with van der Waals surface area (Å²) >= 11 is 0. The molecule has 0 aromatic heterocycles. The lowest BCUT2D eigenvalue weighted by Gasteiger charge is -2.08. The topological polar surface area (TPSA) is 55.4 Å². The number of ether oxygens (including phenoxy) is 1. The molecule has 0 saturated carbocycles. The number of carbonyl (C=O) groups excluding carboxylic acids is 2. The van der Waals surface area contributed by atoms with E-state index in [1.807, 2.05) is 39.0 Å². The highest BCUT2D eigenvalue weighted by Gasteiger charge is 2.25. The number of esters is 1. The molecular formula is C23H26FNO3. The van der Waals surface area contributed by atoms with Gasteiger partial charge in [-0.25, -0.2) is 4.39 Å². The van der Waals surface area contributed by atoms with Crippen LogP contribution < -0.4 is 5.32 Å². The molecule has 148 valence electrons. The zero-order valence-corrected chi connectivity index (χ0v) is 17.0. The van der Waals surface area contributed by atoms with Crippen LogP contribution in [0.25, 0.3) is 11.6 Å². The van der Waals surface area contributed by atoms with E-state index in [1.54, 1.807) is 26.0 Å². The minimum Gasteiger partial charge on any atom is -0.466 e.